The van der Waals surface area contributed by atoms with Gasteiger partial charge in [0.05, 0.1) is 0 Å². The summed E-state index contributed by atoms with van der Waals surface area (Å²) in [5.41, 5.74) is 3.91. The van der Waals surface area contributed by atoms with Gasteiger partial charge in [0.2, 0.25) is 0 Å². The predicted octanol–water partition coefficient (Wildman–Crippen LogP) is 1.56. The van der Waals surface area contributed by atoms with Crippen LogP contribution >= 0.6 is 0 Å². The van der Waals surface area contributed by atoms with Crippen LogP contribution in [-0.2, 0) is 6.54 Å². The number of benzene rings is 1. The number of halogens is 2. The molecule has 0 aromatic heterocycles. The minimum Gasteiger partial charge on any atom is -0.435 e. The highest BCUT2D eigenvalue weighted by Crippen LogP contribution is 2.21. The van der Waals surface area contributed by atoms with Crippen molar-refractivity contribution in [2.75, 3.05) is 0 Å². The van der Waals surface area contributed by atoms with Crippen LogP contribution in [0.1, 0.15) is 11.1 Å². The number of aryl methyl sites for hydroxylation is 1. The van der Waals surface area contributed by atoms with E-state index in [0.29, 0.717) is 12.1 Å². The number of hydrogen-bond donors (Lipinski definition) is 2. The molecule has 3 nitrogen and oxygen atoms in total. The zero-order valence-electron chi connectivity index (χ0n) is 7.76. The lowest BCUT2D eigenvalue weighted by atomic mass is 10.1. The highest BCUT2D eigenvalue weighted by Gasteiger charge is 2.07. The van der Waals surface area contributed by atoms with Crippen molar-refractivity contribution in [3.05, 3.63) is 29.3 Å². The SMILES string of the molecule is Cc1ccc(CNN)cc1OC(F)F. The first-order chi connectivity index (χ1) is 6.63. The molecule has 0 aliphatic heterocycles. The van der Waals surface area contributed by atoms with E-state index in [1.54, 1.807) is 25.1 Å². The van der Waals surface area contributed by atoms with Crippen molar-refractivity contribution >= 4 is 0 Å². The Morgan fingerprint density at radius 3 is 2.79 bits per heavy atom. The third-order valence-corrected chi connectivity index (χ3v) is 1.77. The maximum atomic E-state index is 12.0. The third-order valence-electron chi connectivity index (χ3n) is 1.77. The van der Waals surface area contributed by atoms with E-state index in [1.165, 1.54) is 0 Å². The maximum absolute atomic E-state index is 12.0. The Bertz CT molecular complexity index is 305. The molecular weight excluding hydrogens is 190 g/mol. The van der Waals surface area contributed by atoms with Gasteiger partial charge in [0, 0.05) is 6.54 Å². The fraction of sp³-hybridized carbons (Fsp3) is 0.333. The summed E-state index contributed by atoms with van der Waals surface area (Å²) in [6.45, 7) is -0.674. The van der Waals surface area contributed by atoms with E-state index in [0.717, 1.165) is 5.56 Å². The lowest BCUT2D eigenvalue weighted by Gasteiger charge is -2.09. The molecule has 0 fully saturated rings. The van der Waals surface area contributed by atoms with Crippen molar-refractivity contribution in [2.24, 2.45) is 5.84 Å². The van der Waals surface area contributed by atoms with E-state index in [2.05, 4.69) is 10.2 Å². The Hall–Kier alpha value is -1.20. The van der Waals surface area contributed by atoms with Crippen LogP contribution in [0.25, 0.3) is 0 Å². The van der Waals surface area contributed by atoms with Crippen LogP contribution in [0.5, 0.6) is 5.75 Å². The second-order valence-electron chi connectivity index (χ2n) is 2.86. The molecule has 78 valence electrons. The van der Waals surface area contributed by atoms with Crippen molar-refractivity contribution in [3.63, 3.8) is 0 Å². The summed E-state index contributed by atoms with van der Waals surface area (Å²) in [6.07, 6.45) is 0. The van der Waals surface area contributed by atoms with Crippen LogP contribution in [0, 0.1) is 6.92 Å². The summed E-state index contributed by atoms with van der Waals surface area (Å²) in [4.78, 5) is 0. The summed E-state index contributed by atoms with van der Waals surface area (Å²) in [5, 5.41) is 0. The van der Waals surface area contributed by atoms with E-state index in [-0.39, 0.29) is 5.75 Å². The highest BCUT2D eigenvalue weighted by molar-refractivity contribution is 5.36. The van der Waals surface area contributed by atoms with Gasteiger partial charge in [-0.3, -0.25) is 11.3 Å². The van der Waals surface area contributed by atoms with Gasteiger partial charge in [-0.05, 0) is 24.1 Å². The van der Waals surface area contributed by atoms with Gasteiger partial charge in [-0.2, -0.15) is 8.78 Å². The van der Waals surface area contributed by atoms with Gasteiger partial charge in [0.25, 0.3) is 0 Å². The molecule has 1 aromatic carbocycles. The molecule has 0 spiro atoms. The van der Waals surface area contributed by atoms with E-state index < -0.39 is 6.61 Å². The quantitative estimate of drug-likeness (QED) is 0.575. The summed E-state index contributed by atoms with van der Waals surface area (Å²) in [7, 11) is 0. The zero-order chi connectivity index (χ0) is 10.6. The first-order valence-electron chi connectivity index (χ1n) is 4.11. The number of nitrogens with two attached hydrogens (primary N) is 1. The lowest BCUT2D eigenvalue weighted by Crippen LogP contribution is -2.20. The van der Waals surface area contributed by atoms with Gasteiger partial charge in [0.15, 0.2) is 0 Å². The van der Waals surface area contributed by atoms with Gasteiger partial charge in [0.1, 0.15) is 5.75 Å². The second kappa shape index (κ2) is 4.88. The van der Waals surface area contributed by atoms with Gasteiger partial charge >= 0.3 is 6.61 Å². The molecule has 3 N–H and O–H groups in total. The molecule has 0 aliphatic rings. The fourth-order valence-corrected chi connectivity index (χ4v) is 1.10. The van der Waals surface area contributed by atoms with Crippen molar-refractivity contribution in [2.45, 2.75) is 20.1 Å². The molecule has 0 atom stereocenters. The van der Waals surface area contributed by atoms with Gasteiger partial charge in [-0.25, -0.2) is 0 Å². The normalized spacial score (nSPS) is 10.6. The molecule has 0 radical (unpaired) electrons. The van der Waals surface area contributed by atoms with Gasteiger partial charge < -0.3 is 4.74 Å². The number of ether oxygens (including phenoxy) is 1. The monoisotopic (exact) mass is 202 g/mol. The predicted molar refractivity (Wildman–Crippen MR) is 48.8 cm³/mol. The Kier molecular flexibility index (Phi) is 3.79. The summed E-state index contributed by atoms with van der Waals surface area (Å²) < 4.78 is 28.2. The Balaban J connectivity index is 2.84. The number of alkyl halides is 2. The van der Waals surface area contributed by atoms with Crippen LogP contribution in [0.3, 0.4) is 0 Å². The van der Waals surface area contributed by atoms with Gasteiger partial charge in [-0.15, -0.1) is 0 Å². The Labute approximate surface area is 80.8 Å². The topological polar surface area (TPSA) is 47.3 Å². The minimum absolute atomic E-state index is 0.188. The van der Waals surface area contributed by atoms with Crippen LogP contribution < -0.4 is 16.0 Å². The summed E-state index contributed by atoms with van der Waals surface area (Å²) in [5.74, 6) is 5.30. The molecule has 5 heteroatoms. The molecule has 0 unspecified atom stereocenters. The highest BCUT2D eigenvalue weighted by atomic mass is 19.3. The molecule has 0 saturated carbocycles. The van der Waals surface area contributed by atoms with Crippen LogP contribution in [0.15, 0.2) is 18.2 Å². The van der Waals surface area contributed by atoms with E-state index in [9.17, 15) is 8.78 Å². The van der Waals surface area contributed by atoms with Gasteiger partial charge in [-0.1, -0.05) is 12.1 Å². The van der Waals surface area contributed by atoms with Crippen LogP contribution in [0.2, 0.25) is 0 Å². The number of nitrogens with one attached hydrogen (secondary N) is 1. The van der Waals surface area contributed by atoms with Crippen molar-refractivity contribution in [3.8, 4) is 5.75 Å². The first kappa shape index (κ1) is 10.9. The second-order valence-corrected chi connectivity index (χ2v) is 2.86. The number of rotatable bonds is 4. The molecule has 0 heterocycles. The molecule has 0 aliphatic carbocycles. The molecule has 14 heavy (non-hydrogen) atoms. The van der Waals surface area contributed by atoms with E-state index in [1.807, 2.05) is 0 Å². The standard InChI is InChI=1S/C9H12F2N2O/c1-6-2-3-7(5-13-12)4-8(6)14-9(10)11/h2-4,9,13H,5,12H2,1H3. The largest absolute Gasteiger partial charge is 0.435 e. The molecule has 0 saturated heterocycles. The van der Waals surface area contributed by atoms with Crippen molar-refractivity contribution in [1.82, 2.24) is 5.43 Å². The zero-order valence-corrected chi connectivity index (χ0v) is 7.76. The lowest BCUT2D eigenvalue weighted by molar-refractivity contribution is -0.0503. The fourth-order valence-electron chi connectivity index (χ4n) is 1.10. The average Bonchev–Trinajstić information content (AvgIpc) is 2.10. The molecule has 1 aromatic rings. The summed E-state index contributed by atoms with van der Waals surface area (Å²) >= 11 is 0. The summed E-state index contributed by atoms with van der Waals surface area (Å²) in [6, 6.07) is 5.05. The molecular formula is C9H12F2N2O. The Morgan fingerprint density at radius 1 is 1.50 bits per heavy atom. The number of hydrogen-bond acceptors (Lipinski definition) is 3. The average molecular weight is 202 g/mol. The minimum atomic E-state index is -2.80. The molecule has 0 bridgehead atoms. The van der Waals surface area contributed by atoms with Crippen molar-refractivity contribution in [1.29, 1.82) is 0 Å². The van der Waals surface area contributed by atoms with E-state index >= 15 is 0 Å². The van der Waals surface area contributed by atoms with Crippen molar-refractivity contribution < 1.29 is 13.5 Å². The Morgan fingerprint density at radius 2 is 2.21 bits per heavy atom. The smallest absolute Gasteiger partial charge is 0.387 e. The molecule has 1 rings (SSSR count). The third kappa shape index (κ3) is 2.93. The first-order valence-corrected chi connectivity index (χ1v) is 4.11. The molecule has 0 amide bonds. The van der Waals surface area contributed by atoms with E-state index in [4.69, 9.17) is 5.84 Å². The van der Waals surface area contributed by atoms with Crippen LogP contribution in [0.4, 0.5) is 8.78 Å². The maximum Gasteiger partial charge on any atom is 0.387 e. The van der Waals surface area contributed by atoms with Crippen LogP contribution in [-0.4, -0.2) is 6.61 Å². The number of hydrazine groups is 1.